The number of hydrogen-bond donors (Lipinski definition) is 2. The molecule has 0 fully saturated rings. The second-order valence-corrected chi connectivity index (χ2v) is 7.05. The average molecular weight is 396 g/mol. The summed E-state index contributed by atoms with van der Waals surface area (Å²) in [5.41, 5.74) is 1.34. The maximum atomic E-state index is 13.2. The molecular weight excluding hydrogens is 372 g/mol. The predicted molar refractivity (Wildman–Crippen MR) is 110 cm³/mol. The largest absolute Gasteiger partial charge is 0.507 e. The summed E-state index contributed by atoms with van der Waals surface area (Å²) in [6.45, 7) is 3.41. The minimum Gasteiger partial charge on any atom is -0.507 e. The van der Waals surface area contributed by atoms with E-state index in [1.165, 1.54) is 22.3 Å². The number of hydrogen-bond acceptors (Lipinski definition) is 5. The Morgan fingerprint density at radius 3 is 2.21 bits per heavy atom. The minimum atomic E-state index is -0.850. The molecular formula is C22H24N2O5. The van der Waals surface area contributed by atoms with E-state index in [0.29, 0.717) is 28.3 Å². The fraction of sp³-hybridized carbons (Fsp3) is 0.273. The number of benzene rings is 1. The van der Waals surface area contributed by atoms with Crippen molar-refractivity contribution in [3.8, 4) is 17.2 Å². The van der Waals surface area contributed by atoms with Crippen molar-refractivity contribution in [1.82, 2.24) is 9.13 Å². The molecule has 1 unspecified atom stereocenters. The molecule has 152 valence electrons. The lowest BCUT2D eigenvalue weighted by atomic mass is 9.83. The van der Waals surface area contributed by atoms with Crippen molar-refractivity contribution < 1.29 is 14.9 Å². The summed E-state index contributed by atoms with van der Waals surface area (Å²) < 4.78 is 8.33. The summed E-state index contributed by atoms with van der Waals surface area (Å²) in [4.78, 5) is 25.3. The molecule has 0 aliphatic carbocycles. The Balaban J connectivity index is 2.51. The van der Waals surface area contributed by atoms with Gasteiger partial charge in [0.1, 0.15) is 17.2 Å². The molecule has 0 saturated carbocycles. The van der Waals surface area contributed by atoms with Crippen LogP contribution in [0.3, 0.4) is 0 Å². The normalized spacial score (nSPS) is 12.0. The first-order chi connectivity index (χ1) is 13.7. The number of aromatic hydroxyl groups is 2. The van der Waals surface area contributed by atoms with Gasteiger partial charge < -0.3 is 24.1 Å². The first kappa shape index (κ1) is 20.3. The number of aromatic nitrogens is 2. The highest BCUT2D eigenvalue weighted by atomic mass is 16.5. The summed E-state index contributed by atoms with van der Waals surface area (Å²) >= 11 is 0. The van der Waals surface area contributed by atoms with Crippen LogP contribution < -0.4 is 15.9 Å². The summed E-state index contributed by atoms with van der Waals surface area (Å²) in [7, 11) is 4.72. The average Bonchev–Trinajstić information content (AvgIpc) is 2.69. The van der Waals surface area contributed by atoms with Crippen molar-refractivity contribution in [3.63, 3.8) is 0 Å². The van der Waals surface area contributed by atoms with Crippen LogP contribution in [0, 0.1) is 13.8 Å². The van der Waals surface area contributed by atoms with Crippen LogP contribution in [0.25, 0.3) is 0 Å². The fourth-order valence-corrected chi connectivity index (χ4v) is 3.63. The molecule has 2 aromatic heterocycles. The number of pyridine rings is 2. The predicted octanol–water partition coefficient (Wildman–Crippen LogP) is 2.30. The van der Waals surface area contributed by atoms with E-state index in [0.717, 1.165) is 6.07 Å². The standard InChI is InChI=1S/C22H24N2O5/c1-12-10-15(25)21(22(28)23(12)3)20(14-8-6-7-9-17(14)29-5)19-13(2)24(4)18(27)11-16(19)26/h6-11,20,25-26H,1-5H3. The third kappa shape index (κ3) is 3.29. The number of ether oxygens (including phenoxy) is 1. The first-order valence-corrected chi connectivity index (χ1v) is 9.10. The Bertz CT molecular complexity index is 1210. The van der Waals surface area contributed by atoms with Crippen LogP contribution in [-0.4, -0.2) is 26.5 Å². The van der Waals surface area contributed by atoms with Gasteiger partial charge in [0.25, 0.3) is 11.1 Å². The highest BCUT2D eigenvalue weighted by Crippen LogP contribution is 2.43. The summed E-state index contributed by atoms with van der Waals surface area (Å²) in [5, 5.41) is 21.5. The second-order valence-electron chi connectivity index (χ2n) is 7.05. The van der Waals surface area contributed by atoms with E-state index in [9.17, 15) is 19.8 Å². The van der Waals surface area contributed by atoms with Crippen LogP contribution in [0.1, 0.15) is 34.0 Å². The fourth-order valence-electron chi connectivity index (χ4n) is 3.63. The Hall–Kier alpha value is -3.48. The molecule has 0 amide bonds. The molecule has 0 saturated heterocycles. The molecule has 2 N–H and O–H groups in total. The van der Waals surface area contributed by atoms with Crippen molar-refractivity contribution in [3.05, 3.63) is 85.2 Å². The zero-order chi connectivity index (χ0) is 21.5. The number of nitrogens with zero attached hydrogens (tertiary/aromatic N) is 2. The highest BCUT2D eigenvalue weighted by molar-refractivity contribution is 5.56. The molecule has 29 heavy (non-hydrogen) atoms. The highest BCUT2D eigenvalue weighted by Gasteiger charge is 2.31. The van der Waals surface area contributed by atoms with Gasteiger partial charge in [-0.3, -0.25) is 9.59 Å². The van der Waals surface area contributed by atoms with Crippen molar-refractivity contribution in [2.75, 3.05) is 7.11 Å². The van der Waals surface area contributed by atoms with E-state index in [-0.39, 0.29) is 22.6 Å². The Morgan fingerprint density at radius 2 is 1.55 bits per heavy atom. The quantitative estimate of drug-likeness (QED) is 0.706. The third-order valence-corrected chi connectivity index (χ3v) is 5.47. The Labute approximate surface area is 168 Å². The summed E-state index contributed by atoms with van der Waals surface area (Å²) in [6.07, 6.45) is 0. The lowest BCUT2D eigenvalue weighted by Gasteiger charge is -2.25. The number of aryl methyl sites for hydroxylation is 1. The summed E-state index contributed by atoms with van der Waals surface area (Å²) in [6, 6.07) is 9.71. The zero-order valence-electron chi connectivity index (χ0n) is 17.1. The summed E-state index contributed by atoms with van der Waals surface area (Å²) in [5.74, 6) is -0.790. The van der Waals surface area contributed by atoms with Gasteiger partial charge >= 0.3 is 0 Å². The van der Waals surface area contributed by atoms with Gasteiger partial charge in [0.05, 0.1) is 18.6 Å². The van der Waals surface area contributed by atoms with E-state index in [4.69, 9.17) is 4.74 Å². The minimum absolute atomic E-state index is 0.0969. The Morgan fingerprint density at radius 1 is 0.931 bits per heavy atom. The third-order valence-electron chi connectivity index (χ3n) is 5.47. The van der Waals surface area contributed by atoms with Gasteiger partial charge in [-0.25, -0.2) is 0 Å². The molecule has 7 nitrogen and oxygen atoms in total. The van der Waals surface area contributed by atoms with Crippen LogP contribution in [0.5, 0.6) is 17.2 Å². The molecule has 7 heteroatoms. The zero-order valence-corrected chi connectivity index (χ0v) is 17.1. The van der Waals surface area contributed by atoms with Gasteiger partial charge in [-0.2, -0.15) is 0 Å². The van der Waals surface area contributed by atoms with Crippen molar-refractivity contribution >= 4 is 0 Å². The SMILES string of the molecule is COc1ccccc1C(c1c(O)cc(=O)n(C)c1C)c1c(O)cc(C)n(C)c1=O. The Kier molecular flexibility index (Phi) is 5.24. The lowest BCUT2D eigenvalue weighted by molar-refractivity contribution is 0.406. The molecule has 1 aromatic carbocycles. The second kappa shape index (κ2) is 7.50. The number of methoxy groups -OCH3 is 1. The maximum Gasteiger partial charge on any atom is 0.258 e. The van der Waals surface area contributed by atoms with Gasteiger partial charge in [0.15, 0.2) is 0 Å². The van der Waals surface area contributed by atoms with Crippen molar-refractivity contribution in [2.24, 2.45) is 14.1 Å². The molecule has 0 aliphatic rings. The van der Waals surface area contributed by atoms with Crippen LogP contribution >= 0.6 is 0 Å². The smallest absolute Gasteiger partial charge is 0.258 e. The van der Waals surface area contributed by atoms with E-state index < -0.39 is 11.5 Å². The molecule has 0 spiro atoms. The van der Waals surface area contributed by atoms with E-state index in [1.807, 2.05) is 0 Å². The van der Waals surface area contributed by atoms with Crippen LogP contribution in [0.2, 0.25) is 0 Å². The number of para-hydroxylation sites is 1. The van der Waals surface area contributed by atoms with Gasteiger partial charge in [0, 0.05) is 42.7 Å². The molecule has 0 bridgehead atoms. The van der Waals surface area contributed by atoms with Crippen LogP contribution in [0.15, 0.2) is 46.0 Å². The van der Waals surface area contributed by atoms with Gasteiger partial charge in [-0.1, -0.05) is 18.2 Å². The maximum absolute atomic E-state index is 13.2. The van der Waals surface area contributed by atoms with E-state index in [2.05, 4.69) is 0 Å². The van der Waals surface area contributed by atoms with Gasteiger partial charge in [0.2, 0.25) is 0 Å². The molecule has 0 aliphatic heterocycles. The lowest BCUT2D eigenvalue weighted by Crippen LogP contribution is -2.28. The van der Waals surface area contributed by atoms with Crippen molar-refractivity contribution in [1.29, 1.82) is 0 Å². The first-order valence-electron chi connectivity index (χ1n) is 9.10. The molecule has 1 atom stereocenters. The van der Waals surface area contributed by atoms with E-state index >= 15 is 0 Å². The van der Waals surface area contributed by atoms with E-state index in [1.54, 1.807) is 52.2 Å². The molecule has 3 rings (SSSR count). The van der Waals surface area contributed by atoms with Crippen LogP contribution in [0.4, 0.5) is 0 Å². The monoisotopic (exact) mass is 396 g/mol. The molecule has 2 heterocycles. The van der Waals surface area contributed by atoms with Gasteiger partial charge in [-0.05, 0) is 26.0 Å². The topological polar surface area (TPSA) is 93.7 Å². The molecule has 3 aromatic rings. The van der Waals surface area contributed by atoms with Crippen LogP contribution in [-0.2, 0) is 14.1 Å². The number of rotatable bonds is 4. The molecule has 0 radical (unpaired) electrons. The van der Waals surface area contributed by atoms with Gasteiger partial charge in [-0.15, -0.1) is 0 Å². The van der Waals surface area contributed by atoms with Crippen molar-refractivity contribution in [2.45, 2.75) is 19.8 Å².